The van der Waals surface area contributed by atoms with Crippen LogP contribution in [-0.4, -0.2) is 32.3 Å². The van der Waals surface area contributed by atoms with Crippen LogP contribution >= 0.6 is 0 Å². The fourth-order valence-corrected chi connectivity index (χ4v) is 1.30. The summed E-state index contributed by atoms with van der Waals surface area (Å²) >= 11 is 0. The lowest BCUT2D eigenvalue weighted by molar-refractivity contribution is -0.148. The van der Waals surface area contributed by atoms with Crippen LogP contribution in [0.5, 0.6) is 0 Å². The zero-order valence-corrected chi connectivity index (χ0v) is 10.3. The van der Waals surface area contributed by atoms with Crippen molar-refractivity contribution in [3.8, 4) is 0 Å². The van der Waals surface area contributed by atoms with Crippen LogP contribution in [0.25, 0.3) is 0 Å². The lowest BCUT2D eigenvalue weighted by atomic mass is 10.3. The quantitative estimate of drug-likeness (QED) is 0.471. The number of carbonyl (C=O) groups excluding carboxylic acids is 1. The van der Waals surface area contributed by atoms with Crippen molar-refractivity contribution in [3.05, 3.63) is 29.6 Å². The van der Waals surface area contributed by atoms with Crippen LogP contribution in [0.1, 0.15) is 6.92 Å². The van der Waals surface area contributed by atoms with Crippen molar-refractivity contribution in [1.29, 1.82) is 0 Å². The smallest absolute Gasteiger partial charge is 0.332 e. The highest BCUT2D eigenvalue weighted by atomic mass is 19.2. The Morgan fingerprint density at radius 3 is 2.74 bits per heavy atom. The first-order valence-electron chi connectivity index (χ1n) is 5.66. The van der Waals surface area contributed by atoms with Gasteiger partial charge in [-0.2, -0.15) is 0 Å². The third kappa shape index (κ3) is 5.17. The predicted molar refractivity (Wildman–Crippen MR) is 62.3 cm³/mol. The lowest BCUT2D eigenvalue weighted by Crippen LogP contribution is -2.17. The number of rotatable bonds is 7. The molecule has 0 spiro atoms. The van der Waals surface area contributed by atoms with E-state index in [0.29, 0.717) is 6.07 Å². The number of halogens is 3. The van der Waals surface area contributed by atoms with Crippen molar-refractivity contribution in [3.63, 3.8) is 0 Å². The number of anilines is 1. The van der Waals surface area contributed by atoms with Gasteiger partial charge in [0.1, 0.15) is 12.4 Å². The van der Waals surface area contributed by atoms with E-state index < -0.39 is 23.4 Å². The monoisotopic (exact) mass is 277 g/mol. The van der Waals surface area contributed by atoms with Crippen LogP contribution in [-0.2, 0) is 14.3 Å². The Balaban J connectivity index is 2.32. The van der Waals surface area contributed by atoms with Crippen molar-refractivity contribution in [2.24, 2.45) is 0 Å². The van der Waals surface area contributed by atoms with Crippen molar-refractivity contribution in [2.75, 3.05) is 31.7 Å². The highest BCUT2D eigenvalue weighted by Gasteiger charge is 2.10. The summed E-state index contributed by atoms with van der Waals surface area (Å²) in [6.45, 7) is 1.86. The van der Waals surface area contributed by atoms with Gasteiger partial charge in [-0.1, -0.05) is 0 Å². The topological polar surface area (TPSA) is 47.6 Å². The average molecular weight is 277 g/mol. The maximum absolute atomic E-state index is 13.2. The van der Waals surface area contributed by atoms with Gasteiger partial charge in [0.2, 0.25) is 0 Å². The second-order valence-electron chi connectivity index (χ2n) is 3.53. The SMILES string of the molecule is CCOC(=O)COCCNc1cc(F)cc(F)c1F. The number of ether oxygens (including phenoxy) is 2. The highest BCUT2D eigenvalue weighted by molar-refractivity contribution is 5.70. The molecule has 0 unspecified atom stereocenters. The first-order chi connectivity index (χ1) is 9.04. The molecule has 0 aliphatic carbocycles. The Morgan fingerprint density at radius 2 is 2.05 bits per heavy atom. The average Bonchev–Trinajstić information content (AvgIpc) is 2.34. The summed E-state index contributed by atoms with van der Waals surface area (Å²) < 4.78 is 48.4. The third-order valence-corrected chi connectivity index (χ3v) is 2.08. The number of nitrogens with one attached hydrogen (secondary N) is 1. The van der Waals surface area contributed by atoms with Gasteiger partial charge < -0.3 is 14.8 Å². The summed E-state index contributed by atoms with van der Waals surface area (Å²) in [5.74, 6) is -3.82. The Kier molecular flexibility index (Phi) is 6.14. The van der Waals surface area contributed by atoms with Crippen LogP contribution in [0.2, 0.25) is 0 Å². The van der Waals surface area contributed by atoms with Gasteiger partial charge in [0.15, 0.2) is 11.6 Å². The molecule has 0 bridgehead atoms. The predicted octanol–water partition coefficient (Wildman–Crippen LogP) is 2.10. The molecule has 1 aromatic carbocycles. The molecule has 0 radical (unpaired) electrons. The second kappa shape index (κ2) is 7.63. The van der Waals surface area contributed by atoms with E-state index >= 15 is 0 Å². The molecule has 0 heterocycles. The molecule has 0 aromatic heterocycles. The molecule has 4 nitrogen and oxygen atoms in total. The molecule has 0 aliphatic rings. The van der Waals surface area contributed by atoms with E-state index in [4.69, 9.17) is 4.74 Å². The number of carbonyl (C=O) groups is 1. The standard InChI is InChI=1S/C12H14F3NO3/c1-2-19-11(17)7-18-4-3-16-10-6-8(13)5-9(14)12(10)15/h5-6,16H,2-4,7H2,1H3. The molecule has 0 aliphatic heterocycles. The Labute approximate surface area is 108 Å². The van der Waals surface area contributed by atoms with Crippen LogP contribution in [0.3, 0.4) is 0 Å². The summed E-state index contributed by atoms with van der Waals surface area (Å²) in [6.07, 6.45) is 0. The zero-order chi connectivity index (χ0) is 14.3. The molecule has 0 atom stereocenters. The zero-order valence-electron chi connectivity index (χ0n) is 10.3. The van der Waals surface area contributed by atoms with Gasteiger partial charge in [0.25, 0.3) is 0 Å². The maximum atomic E-state index is 13.2. The number of hydrogen-bond donors (Lipinski definition) is 1. The Bertz CT molecular complexity index is 440. The summed E-state index contributed by atoms with van der Waals surface area (Å²) in [5, 5.41) is 2.47. The molecule has 106 valence electrons. The molecule has 0 amide bonds. The van der Waals surface area contributed by atoms with Crippen molar-refractivity contribution in [2.45, 2.75) is 6.92 Å². The molecular formula is C12H14F3NO3. The first-order valence-corrected chi connectivity index (χ1v) is 5.66. The fourth-order valence-electron chi connectivity index (χ4n) is 1.30. The van der Waals surface area contributed by atoms with Crippen molar-refractivity contribution < 1.29 is 27.4 Å². The normalized spacial score (nSPS) is 10.3. The minimum absolute atomic E-state index is 0.0659. The first kappa shape index (κ1) is 15.3. The van der Waals surface area contributed by atoms with Gasteiger partial charge in [0, 0.05) is 18.7 Å². The lowest BCUT2D eigenvalue weighted by Gasteiger charge is -2.08. The van der Waals surface area contributed by atoms with Crippen molar-refractivity contribution in [1.82, 2.24) is 0 Å². The van der Waals surface area contributed by atoms with Gasteiger partial charge in [0.05, 0.1) is 18.9 Å². The van der Waals surface area contributed by atoms with E-state index in [1.54, 1.807) is 6.92 Å². The van der Waals surface area contributed by atoms with E-state index in [0.717, 1.165) is 6.07 Å². The van der Waals surface area contributed by atoms with Crippen molar-refractivity contribution >= 4 is 11.7 Å². The number of benzene rings is 1. The van der Waals surface area contributed by atoms with Crippen LogP contribution in [0.4, 0.5) is 18.9 Å². The van der Waals surface area contributed by atoms with E-state index in [9.17, 15) is 18.0 Å². The number of hydrogen-bond acceptors (Lipinski definition) is 4. The molecule has 1 aromatic rings. The second-order valence-corrected chi connectivity index (χ2v) is 3.53. The minimum Gasteiger partial charge on any atom is -0.464 e. The minimum atomic E-state index is -1.27. The number of esters is 1. The summed E-state index contributed by atoms with van der Waals surface area (Å²) in [5.41, 5.74) is -0.294. The van der Waals surface area contributed by atoms with Gasteiger partial charge >= 0.3 is 5.97 Å². The van der Waals surface area contributed by atoms with E-state index in [2.05, 4.69) is 10.1 Å². The Hall–Kier alpha value is -1.76. The molecule has 7 heteroatoms. The molecule has 1 N–H and O–H groups in total. The molecule has 19 heavy (non-hydrogen) atoms. The van der Waals surface area contributed by atoms with Gasteiger partial charge in [-0.15, -0.1) is 0 Å². The largest absolute Gasteiger partial charge is 0.464 e. The van der Waals surface area contributed by atoms with E-state index in [1.165, 1.54) is 0 Å². The van der Waals surface area contributed by atoms with Gasteiger partial charge in [-0.25, -0.2) is 18.0 Å². The fraction of sp³-hybridized carbons (Fsp3) is 0.417. The summed E-state index contributed by atoms with van der Waals surface area (Å²) in [4.78, 5) is 10.9. The van der Waals surface area contributed by atoms with Crippen LogP contribution in [0, 0.1) is 17.5 Å². The van der Waals surface area contributed by atoms with E-state index in [1.807, 2.05) is 0 Å². The van der Waals surface area contributed by atoms with Gasteiger partial charge in [-0.05, 0) is 6.92 Å². The Morgan fingerprint density at radius 1 is 1.32 bits per heavy atom. The van der Waals surface area contributed by atoms with Gasteiger partial charge in [-0.3, -0.25) is 0 Å². The maximum Gasteiger partial charge on any atom is 0.332 e. The van der Waals surface area contributed by atoms with Crippen LogP contribution < -0.4 is 5.32 Å². The molecule has 0 fully saturated rings. The highest BCUT2D eigenvalue weighted by Crippen LogP contribution is 2.18. The third-order valence-electron chi connectivity index (χ3n) is 2.08. The summed E-state index contributed by atoms with van der Waals surface area (Å²) in [7, 11) is 0. The molecule has 1 rings (SSSR count). The molecule has 0 saturated carbocycles. The van der Waals surface area contributed by atoms with Crippen LogP contribution in [0.15, 0.2) is 12.1 Å². The molecular weight excluding hydrogens is 263 g/mol. The molecule has 0 saturated heterocycles. The van der Waals surface area contributed by atoms with E-state index in [-0.39, 0.29) is 32.1 Å². The summed E-state index contributed by atoms with van der Waals surface area (Å²) in [6, 6.07) is 1.29.